The van der Waals surface area contributed by atoms with Crippen LogP contribution in [0.1, 0.15) is 35.2 Å². The first-order valence-corrected chi connectivity index (χ1v) is 9.47. The number of likely N-dealkylation sites (tertiary alicyclic amines) is 1. The first-order chi connectivity index (χ1) is 12.0. The van der Waals surface area contributed by atoms with Crippen molar-refractivity contribution in [2.24, 2.45) is 5.92 Å². The quantitative estimate of drug-likeness (QED) is 0.865. The van der Waals surface area contributed by atoms with Gasteiger partial charge >= 0.3 is 0 Å². The fourth-order valence-corrected chi connectivity index (χ4v) is 3.63. The average molecular weight is 357 g/mol. The van der Waals surface area contributed by atoms with Crippen LogP contribution in [0.4, 0.5) is 0 Å². The van der Waals surface area contributed by atoms with Crippen LogP contribution in [0.5, 0.6) is 0 Å². The van der Waals surface area contributed by atoms with E-state index in [1.807, 2.05) is 12.3 Å². The third-order valence-corrected chi connectivity index (χ3v) is 5.32. The van der Waals surface area contributed by atoms with Gasteiger partial charge in [-0.15, -0.1) is 11.3 Å². The van der Waals surface area contributed by atoms with Crippen LogP contribution in [0, 0.1) is 12.8 Å². The van der Waals surface area contributed by atoms with Crippen LogP contribution in [0.3, 0.4) is 0 Å². The minimum absolute atomic E-state index is 0.0456. The largest absolute Gasteiger partial charge is 0.350 e. The lowest BCUT2D eigenvalue weighted by Crippen LogP contribution is -2.32. The van der Waals surface area contributed by atoms with Gasteiger partial charge in [-0.2, -0.15) is 0 Å². The zero-order chi connectivity index (χ0) is 17.8. The summed E-state index contributed by atoms with van der Waals surface area (Å²) in [6, 6.07) is 8.31. The molecule has 1 aliphatic rings. The predicted molar refractivity (Wildman–Crippen MR) is 98.0 cm³/mol. The number of aromatic nitrogens is 1. The normalized spacial score (nSPS) is 17.1. The number of rotatable bonds is 6. The molecule has 2 aromatic rings. The summed E-state index contributed by atoms with van der Waals surface area (Å²) in [7, 11) is 0. The standard InChI is InChI=1S/C19H23N3O2S/c1-3-14-4-6-15(7-5-14)10-22-11-16(8-18(22)23)19(24)20-9-17-12-25-13(2)21-17/h4-7,12,16H,3,8-11H2,1-2H3,(H,20,24)/t16-/m0/s1. The number of hydrogen-bond acceptors (Lipinski definition) is 4. The van der Waals surface area contributed by atoms with E-state index >= 15 is 0 Å². The molecule has 0 bridgehead atoms. The van der Waals surface area contributed by atoms with Crippen LogP contribution in [0.2, 0.25) is 0 Å². The zero-order valence-electron chi connectivity index (χ0n) is 14.6. The van der Waals surface area contributed by atoms with Crippen LogP contribution in [0.15, 0.2) is 29.6 Å². The van der Waals surface area contributed by atoms with Gasteiger partial charge in [0.15, 0.2) is 0 Å². The van der Waals surface area contributed by atoms with E-state index in [9.17, 15) is 9.59 Å². The molecule has 1 saturated heterocycles. The fourth-order valence-electron chi connectivity index (χ4n) is 3.01. The lowest BCUT2D eigenvalue weighted by Gasteiger charge is -2.17. The number of carbonyl (C=O) groups is 2. The van der Waals surface area contributed by atoms with Crippen LogP contribution in [-0.4, -0.2) is 28.2 Å². The molecule has 0 spiro atoms. The van der Waals surface area contributed by atoms with Gasteiger partial charge in [0.2, 0.25) is 11.8 Å². The van der Waals surface area contributed by atoms with Gasteiger partial charge in [0.05, 0.1) is 23.2 Å². The number of benzene rings is 1. The van der Waals surface area contributed by atoms with E-state index in [0.29, 0.717) is 19.6 Å². The highest BCUT2D eigenvalue weighted by atomic mass is 32.1. The van der Waals surface area contributed by atoms with Gasteiger partial charge in [0.1, 0.15) is 0 Å². The van der Waals surface area contributed by atoms with Crippen molar-refractivity contribution in [3.63, 3.8) is 0 Å². The molecule has 3 rings (SSSR count). The van der Waals surface area contributed by atoms with Crippen molar-refractivity contribution in [3.8, 4) is 0 Å². The SMILES string of the molecule is CCc1ccc(CN2C[C@@H](C(=O)NCc3csc(C)n3)CC2=O)cc1. The van der Waals surface area contributed by atoms with Crippen molar-refractivity contribution in [3.05, 3.63) is 51.5 Å². The lowest BCUT2D eigenvalue weighted by atomic mass is 10.1. The van der Waals surface area contributed by atoms with E-state index in [0.717, 1.165) is 22.7 Å². The highest BCUT2D eigenvalue weighted by Gasteiger charge is 2.34. The summed E-state index contributed by atoms with van der Waals surface area (Å²) in [5.41, 5.74) is 3.25. The number of carbonyl (C=O) groups excluding carboxylic acids is 2. The van der Waals surface area contributed by atoms with E-state index in [-0.39, 0.29) is 24.2 Å². The van der Waals surface area contributed by atoms with E-state index in [1.165, 1.54) is 5.56 Å². The van der Waals surface area contributed by atoms with Crippen molar-refractivity contribution in [2.45, 2.75) is 39.8 Å². The Balaban J connectivity index is 1.53. The van der Waals surface area contributed by atoms with Gasteiger partial charge < -0.3 is 10.2 Å². The molecule has 1 aromatic carbocycles. The molecule has 6 heteroatoms. The average Bonchev–Trinajstić information content (AvgIpc) is 3.19. The Morgan fingerprint density at radius 1 is 1.32 bits per heavy atom. The molecule has 1 atom stereocenters. The van der Waals surface area contributed by atoms with Crippen LogP contribution >= 0.6 is 11.3 Å². The highest BCUT2D eigenvalue weighted by Crippen LogP contribution is 2.21. The van der Waals surface area contributed by atoms with E-state index in [4.69, 9.17) is 0 Å². The molecule has 1 N–H and O–H groups in total. The zero-order valence-corrected chi connectivity index (χ0v) is 15.4. The molecule has 0 aliphatic carbocycles. The number of thiazole rings is 1. The first-order valence-electron chi connectivity index (χ1n) is 8.59. The summed E-state index contributed by atoms with van der Waals surface area (Å²) in [4.78, 5) is 30.7. The molecule has 132 valence electrons. The molecule has 0 saturated carbocycles. The maximum atomic E-state index is 12.3. The molecule has 2 amide bonds. The lowest BCUT2D eigenvalue weighted by molar-refractivity contribution is -0.129. The Hall–Kier alpha value is -2.21. The van der Waals surface area contributed by atoms with Crippen LogP contribution in [-0.2, 0) is 29.1 Å². The molecule has 25 heavy (non-hydrogen) atoms. The summed E-state index contributed by atoms with van der Waals surface area (Å²) in [5, 5.41) is 5.83. The minimum Gasteiger partial charge on any atom is -0.350 e. The Kier molecular flexibility index (Phi) is 5.48. The van der Waals surface area contributed by atoms with Gasteiger partial charge in [0.25, 0.3) is 0 Å². The van der Waals surface area contributed by atoms with Gasteiger partial charge in [-0.05, 0) is 24.5 Å². The Morgan fingerprint density at radius 2 is 2.04 bits per heavy atom. The topological polar surface area (TPSA) is 62.3 Å². The summed E-state index contributed by atoms with van der Waals surface area (Å²) >= 11 is 1.57. The number of amides is 2. The smallest absolute Gasteiger partial charge is 0.225 e. The number of nitrogens with zero attached hydrogens (tertiary/aromatic N) is 2. The Morgan fingerprint density at radius 3 is 2.68 bits per heavy atom. The summed E-state index contributed by atoms with van der Waals surface area (Å²) in [5.74, 6) is -0.297. The van der Waals surface area contributed by atoms with Gasteiger partial charge in [-0.3, -0.25) is 9.59 Å². The number of nitrogens with one attached hydrogen (secondary N) is 1. The van der Waals surface area contributed by atoms with Gasteiger partial charge in [-0.1, -0.05) is 31.2 Å². The molecule has 2 heterocycles. The Bertz CT molecular complexity index is 754. The maximum absolute atomic E-state index is 12.3. The van der Waals surface area contributed by atoms with Crippen LogP contribution in [0.25, 0.3) is 0 Å². The van der Waals surface area contributed by atoms with Gasteiger partial charge in [-0.25, -0.2) is 4.98 Å². The number of hydrogen-bond donors (Lipinski definition) is 1. The molecular weight excluding hydrogens is 334 g/mol. The van der Waals surface area contributed by atoms with Crippen molar-refractivity contribution in [1.82, 2.24) is 15.2 Å². The molecular formula is C19H23N3O2S. The summed E-state index contributed by atoms with van der Waals surface area (Å²) in [6.07, 6.45) is 1.29. The molecule has 0 unspecified atom stereocenters. The molecule has 0 radical (unpaired) electrons. The molecule has 1 fully saturated rings. The molecule has 1 aromatic heterocycles. The maximum Gasteiger partial charge on any atom is 0.225 e. The third-order valence-electron chi connectivity index (χ3n) is 4.50. The summed E-state index contributed by atoms with van der Waals surface area (Å²) < 4.78 is 0. The van der Waals surface area contributed by atoms with Crippen molar-refractivity contribution >= 4 is 23.2 Å². The summed E-state index contributed by atoms with van der Waals surface area (Å²) in [6.45, 7) is 5.53. The second-order valence-corrected chi connectivity index (χ2v) is 7.48. The second kappa shape index (κ2) is 7.78. The first kappa shape index (κ1) is 17.6. The van der Waals surface area contributed by atoms with E-state index in [2.05, 4.69) is 41.5 Å². The van der Waals surface area contributed by atoms with E-state index in [1.54, 1.807) is 16.2 Å². The molecule has 5 nitrogen and oxygen atoms in total. The third kappa shape index (κ3) is 4.45. The molecule has 1 aliphatic heterocycles. The van der Waals surface area contributed by atoms with Gasteiger partial charge in [0, 0.05) is 24.9 Å². The number of aryl methyl sites for hydroxylation is 2. The highest BCUT2D eigenvalue weighted by molar-refractivity contribution is 7.09. The van der Waals surface area contributed by atoms with Crippen molar-refractivity contribution in [1.29, 1.82) is 0 Å². The van der Waals surface area contributed by atoms with E-state index < -0.39 is 0 Å². The predicted octanol–water partition coefficient (Wildman–Crippen LogP) is 2.68. The van der Waals surface area contributed by atoms with Crippen LogP contribution < -0.4 is 5.32 Å². The van der Waals surface area contributed by atoms with Crippen molar-refractivity contribution in [2.75, 3.05) is 6.54 Å². The monoisotopic (exact) mass is 357 g/mol. The second-order valence-electron chi connectivity index (χ2n) is 6.42. The van der Waals surface area contributed by atoms with Crippen molar-refractivity contribution < 1.29 is 9.59 Å². The fraction of sp³-hybridized carbons (Fsp3) is 0.421. The minimum atomic E-state index is -0.276. The Labute approximate surface area is 152 Å².